The van der Waals surface area contributed by atoms with Gasteiger partial charge in [-0.05, 0) is 49.8 Å². The van der Waals surface area contributed by atoms with Gasteiger partial charge in [-0.3, -0.25) is 0 Å². The molecule has 0 aliphatic rings. The van der Waals surface area contributed by atoms with Crippen molar-refractivity contribution in [2.75, 3.05) is 13.1 Å². The van der Waals surface area contributed by atoms with Gasteiger partial charge < -0.3 is 5.73 Å². The van der Waals surface area contributed by atoms with Gasteiger partial charge in [0.05, 0.1) is 4.90 Å². The van der Waals surface area contributed by atoms with Crippen LogP contribution in [0.5, 0.6) is 0 Å². The standard InChI is InChI=1S/C16H28N2O2S/c1-13-5-7-15(8-6-13)21(19,20)18-10-9-14(2)11-16(3,4)12-17/h5-8,14,18H,9-12,17H2,1-4H3. The molecule has 0 aliphatic carbocycles. The summed E-state index contributed by atoms with van der Waals surface area (Å²) in [7, 11) is -3.40. The summed E-state index contributed by atoms with van der Waals surface area (Å²) in [5, 5.41) is 0. The normalized spacial score (nSPS) is 14.1. The number of nitrogens with two attached hydrogens (primary N) is 1. The Morgan fingerprint density at radius 2 is 1.81 bits per heavy atom. The minimum absolute atomic E-state index is 0.106. The first-order valence-corrected chi connectivity index (χ1v) is 8.91. The lowest BCUT2D eigenvalue weighted by molar-refractivity contribution is 0.278. The fraction of sp³-hybridized carbons (Fsp3) is 0.625. The Bertz CT molecular complexity index is 536. The third-order valence-corrected chi connectivity index (χ3v) is 5.19. The van der Waals surface area contributed by atoms with Gasteiger partial charge in [0.15, 0.2) is 0 Å². The molecule has 0 aliphatic heterocycles. The van der Waals surface area contributed by atoms with Crippen molar-refractivity contribution < 1.29 is 8.42 Å². The molecule has 1 atom stereocenters. The summed E-state index contributed by atoms with van der Waals surface area (Å²) in [5.41, 5.74) is 6.88. The number of benzene rings is 1. The number of hydrogen-bond donors (Lipinski definition) is 2. The van der Waals surface area contributed by atoms with Crippen molar-refractivity contribution in [2.45, 2.75) is 45.4 Å². The van der Waals surface area contributed by atoms with Crippen molar-refractivity contribution >= 4 is 10.0 Å². The van der Waals surface area contributed by atoms with Gasteiger partial charge in [0.25, 0.3) is 0 Å². The SMILES string of the molecule is Cc1ccc(S(=O)(=O)NCCC(C)CC(C)(C)CN)cc1. The molecule has 0 amide bonds. The summed E-state index contributed by atoms with van der Waals surface area (Å²) in [6, 6.07) is 6.89. The molecule has 0 saturated heterocycles. The van der Waals surface area contributed by atoms with Crippen LogP contribution in [0, 0.1) is 18.3 Å². The van der Waals surface area contributed by atoms with Crippen LogP contribution in [0.1, 0.15) is 39.2 Å². The Morgan fingerprint density at radius 1 is 1.24 bits per heavy atom. The second-order valence-electron chi connectivity index (χ2n) is 6.68. The maximum atomic E-state index is 12.1. The predicted molar refractivity (Wildman–Crippen MR) is 87.6 cm³/mol. The first-order chi connectivity index (χ1) is 9.66. The van der Waals surface area contributed by atoms with Crippen LogP contribution in [0.25, 0.3) is 0 Å². The van der Waals surface area contributed by atoms with Gasteiger partial charge in [0.1, 0.15) is 0 Å². The highest BCUT2D eigenvalue weighted by atomic mass is 32.2. The fourth-order valence-corrected chi connectivity index (χ4v) is 3.42. The van der Waals surface area contributed by atoms with Gasteiger partial charge >= 0.3 is 0 Å². The molecule has 0 bridgehead atoms. The van der Waals surface area contributed by atoms with Crippen LogP contribution in [-0.4, -0.2) is 21.5 Å². The minimum Gasteiger partial charge on any atom is -0.330 e. The zero-order chi connectivity index (χ0) is 16.1. The Kier molecular flexibility index (Phi) is 6.38. The highest BCUT2D eigenvalue weighted by Gasteiger charge is 2.20. The third-order valence-electron chi connectivity index (χ3n) is 3.71. The Balaban J connectivity index is 2.49. The first kappa shape index (κ1) is 18.1. The number of rotatable bonds is 8. The molecule has 21 heavy (non-hydrogen) atoms. The van der Waals surface area contributed by atoms with Gasteiger partial charge in [-0.2, -0.15) is 0 Å². The van der Waals surface area contributed by atoms with Gasteiger partial charge in [0.2, 0.25) is 10.0 Å². The third kappa shape index (κ3) is 6.16. The van der Waals surface area contributed by atoms with Gasteiger partial charge in [-0.15, -0.1) is 0 Å². The maximum Gasteiger partial charge on any atom is 0.240 e. The molecule has 0 aromatic heterocycles. The van der Waals surface area contributed by atoms with Crippen molar-refractivity contribution in [2.24, 2.45) is 17.1 Å². The van der Waals surface area contributed by atoms with E-state index in [9.17, 15) is 8.42 Å². The summed E-state index contributed by atoms with van der Waals surface area (Å²) in [6.07, 6.45) is 1.81. The lowest BCUT2D eigenvalue weighted by Crippen LogP contribution is -2.29. The van der Waals surface area contributed by atoms with Crippen molar-refractivity contribution in [3.8, 4) is 0 Å². The molecule has 120 valence electrons. The zero-order valence-corrected chi connectivity index (χ0v) is 14.3. The summed E-state index contributed by atoms with van der Waals surface area (Å²) in [5.74, 6) is 0.435. The van der Waals surface area contributed by atoms with E-state index in [4.69, 9.17) is 5.73 Å². The second kappa shape index (κ2) is 7.38. The molecular weight excluding hydrogens is 284 g/mol. The monoisotopic (exact) mass is 312 g/mol. The molecule has 0 fully saturated rings. The topological polar surface area (TPSA) is 72.2 Å². The first-order valence-electron chi connectivity index (χ1n) is 7.43. The summed E-state index contributed by atoms with van der Waals surface area (Å²) in [6.45, 7) is 9.45. The average molecular weight is 312 g/mol. The van der Waals surface area contributed by atoms with Crippen LogP contribution in [0.15, 0.2) is 29.2 Å². The minimum atomic E-state index is -3.40. The van der Waals surface area contributed by atoms with Crippen LogP contribution < -0.4 is 10.5 Å². The van der Waals surface area contributed by atoms with Crippen LogP contribution in [0.2, 0.25) is 0 Å². The van der Waals surface area contributed by atoms with E-state index in [1.807, 2.05) is 6.92 Å². The molecule has 3 N–H and O–H groups in total. The molecule has 4 nitrogen and oxygen atoms in total. The average Bonchev–Trinajstić information content (AvgIpc) is 2.38. The van der Waals surface area contributed by atoms with Gasteiger partial charge in [0, 0.05) is 6.54 Å². The summed E-state index contributed by atoms with van der Waals surface area (Å²) in [4.78, 5) is 0.322. The zero-order valence-electron chi connectivity index (χ0n) is 13.5. The van der Waals surface area contributed by atoms with Crippen molar-refractivity contribution in [3.63, 3.8) is 0 Å². The Labute approximate surface area is 129 Å². The quantitative estimate of drug-likeness (QED) is 0.775. The van der Waals surface area contributed by atoms with E-state index in [1.54, 1.807) is 24.3 Å². The van der Waals surface area contributed by atoms with Gasteiger partial charge in [-0.1, -0.05) is 38.5 Å². The second-order valence-corrected chi connectivity index (χ2v) is 8.44. The molecule has 5 heteroatoms. The number of sulfonamides is 1. The van der Waals surface area contributed by atoms with Gasteiger partial charge in [-0.25, -0.2) is 13.1 Å². The van der Waals surface area contributed by atoms with E-state index in [2.05, 4.69) is 25.5 Å². The van der Waals surface area contributed by atoms with E-state index in [0.717, 1.165) is 18.4 Å². The van der Waals surface area contributed by atoms with E-state index < -0.39 is 10.0 Å². The van der Waals surface area contributed by atoms with E-state index in [1.165, 1.54) is 0 Å². The molecule has 1 rings (SSSR count). The fourth-order valence-electron chi connectivity index (χ4n) is 2.37. The molecular formula is C16H28N2O2S. The van der Waals surface area contributed by atoms with E-state index in [-0.39, 0.29) is 5.41 Å². The molecule has 0 radical (unpaired) electrons. The van der Waals surface area contributed by atoms with Crippen molar-refractivity contribution in [1.29, 1.82) is 0 Å². The maximum absolute atomic E-state index is 12.1. The lowest BCUT2D eigenvalue weighted by atomic mass is 9.82. The molecule has 1 unspecified atom stereocenters. The lowest BCUT2D eigenvalue weighted by Gasteiger charge is -2.26. The summed E-state index contributed by atoms with van der Waals surface area (Å²) >= 11 is 0. The van der Waals surface area contributed by atoms with E-state index in [0.29, 0.717) is 23.9 Å². The van der Waals surface area contributed by atoms with Crippen LogP contribution in [0.4, 0.5) is 0 Å². The molecule has 0 saturated carbocycles. The predicted octanol–water partition coefficient (Wildman–Crippen LogP) is 2.67. The highest BCUT2D eigenvalue weighted by molar-refractivity contribution is 7.89. The van der Waals surface area contributed by atoms with Crippen LogP contribution in [-0.2, 0) is 10.0 Å². The number of hydrogen-bond acceptors (Lipinski definition) is 3. The van der Waals surface area contributed by atoms with Crippen LogP contribution in [0.3, 0.4) is 0 Å². The Hall–Kier alpha value is -0.910. The molecule has 1 aromatic rings. The molecule has 0 spiro atoms. The van der Waals surface area contributed by atoms with Crippen molar-refractivity contribution in [1.82, 2.24) is 4.72 Å². The van der Waals surface area contributed by atoms with Crippen molar-refractivity contribution in [3.05, 3.63) is 29.8 Å². The smallest absolute Gasteiger partial charge is 0.240 e. The number of nitrogens with one attached hydrogen (secondary N) is 1. The largest absolute Gasteiger partial charge is 0.330 e. The highest BCUT2D eigenvalue weighted by Crippen LogP contribution is 2.25. The number of aryl methyl sites for hydroxylation is 1. The Morgan fingerprint density at radius 3 is 2.33 bits per heavy atom. The van der Waals surface area contributed by atoms with E-state index >= 15 is 0 Å². The molecule has 0 heterocycles. The molecule has 1 aromatic carbocycles. The van der Waals surface area contributed by atoms with Crippen LogP contribution >= 0.6 is 0 Å². The summed E-state index contributed by atoms with van der Waals surface area (Å²) < 4.78 is 26.9.